The van der Waals surface area contributed by atoms with Crippen LogP contribution in [0.25, 0.3) is 0 Å². The van der Waals surface area contributed by atoms with Crippen LogP contribution in [-0.4, -0.2) is 16.4 Å². The van der Waals surface area contributed by atoms with Crippen LogP contribution in [0.4, 0.5) is 15.8 Å². The number of thiophene rings is 1. The molecule has 2 amide bonds. The molecule has 0 aliphatic carbocycles. The van der Waals surface area contributed by atoms with Gasteiger partial charge in [-0.25, -0.2) is 4.39 Å². The number of rotatable bonds is 5. The second kappa shape index (κ2) is 7.75. The maximum Gasteiger partial charge on any atom is 0.257 e. The van der Waals surface area contributed by atoms with Gasteiger partial charge >= 0.3 is 0 Å². The minimum Gasteiger partial charge on any atom is -0.343 e. The number of halogens is 1. The van der Waals surface area contributed by atoms with Gasteiger partial charge in [0.05, 0.1) is 17.8 Å². The molecule has 1 aromatic carbocycles. The largest absolute Gasteiger partial charge is 0.343 e. The SMILES string of the molecule is CC(=O)Nc1cc(NC(=O)c2cc(C)n(Cc3cccs3)c2C)ccc1F. The van der Waals surface area contributed by atoms with Crippen LogP contribution in [-0.2, 0) is 11.3 Å². The van der Waals surface area contributed by atoms with E-state index in [9.17, 15) is 14.0 Å². The molecule has 0 bridgehead atoms. The van der Waals surface area contributed by atoms with E-state index in [1.165, 1.54) is 30.0 Å². The predicted molar refractivity (Wildman–Crippen MR) is 106 cm³/mol. The molecule has 5 nitrogen and oxygen atoms in total. The Morgan fingerprint density at radius 2 is 1.93 bits per heavy atom. The summed E-state index contributed by atoms with van der Waals surface area (Å²) < 4.78 is 15.9. The fourth-order valence-corrected chi connectivity index (χ4v) is 3.61. The van der Waals surface area contributed by atoms with Crippen molar-refractivity contribution in [3.63, 3.8) is 0 Å². The van der Waals surface area contributed by atoms with Crippen LogP contribution in [0.1, 0.15) is 33.5 Å². The molecule has 3 rings (SSSR count). The smallest absolute Gasteiger partial charge is 0.257 e. The first-order chi connectivity index (χ1) is 12.8. The van der Waals surface area contributed by atoms with Crippen molar-refractivity contribution in [1.82, 2.24) is 4.57 Å². The third-order valence-electron chi connectivity index (χ3n) is 4.25. The average molecular weight is 385 g/mol. The second-order valence-electron chi connectivity index (χ2n) is 6.28. The number of amides is 2. The van der Waals surface area contributed by atoms with Gasteiger partial charge in [-0.15, -0.1) is 11.3 Å². The molecule has 0 atom stereocenters. The molecule has 2 aromatic heterocycles. The Kier molecular flexibility index (Phi) is 5.41. The number of benzene rings is 1. The number of hydrogen-bond acceptors (Lipinski definition) is 3. The summed E-state index contributed by atoms with van der Waals surface area (Å²) in [6.45, 7) is 5.88. The maximum absolute atomic E-state index is 13.8. The number of aryl methyl sites for hydroxylation is 1. The fourth-order valence-electron chi connectivity index (χ4n) is 2.92. The number of hydrogen-bond donors (Lipinski definition) is 2. The summed E-state index contributed by atoms with van der Waals surface area (Å²) in [6.07, 6.45) is 0. The van der Waals surface area contributed by atoms with Gasteiger partial charge in [-0.05, 0) is 49.6 Å². The summed E-state index contributed by atoms with van der Waals surface area (Å²) in [5.74, 6) is -1.22. The van der Waals surface area contributed by atoms with Crippen molar-refractivity contribution in [1.29, 1.82) is 0 Å². The lowest BCUT2D eigenvalue weighted by Crippen LogP contribution is -2.14. The predicted octanol–water partition coefficient (Wildman–Crippen LogP) is 4.56. The van der Waals surface area contributed by atoms with Crippen LogP contribution in [0.3, 0.4) is 0 Å². The van der Waals surface area contributed by atoms with Crippen LogP contribution in [0.15, 0.2) is 41.8 Å². The third-order valence-corrected chi connectivity index (χ3v) is 5.11. The first-order valence-corrected chi connectivity index (χ1v) is 9.30. The number of aromatic nitrogens is 1. The molecule has 2 heterocycles. The molecule has 0 aliphatic rings. The Bertz CT molecular complexity index is 993. The van der Waals surface area contributed by atoms with Gasteiger partial charge in [-0.2, -0.15) is 0 Å². The summed E-state index contributed by atoms with van der Waals surface area (Å²) in [4.78, 5) is 25.1. The van der Waals surface area contributed by atoms with E-state index in [-0.39, 0.29) is 17.5 Å². The Morgan fingerprint density at radius 1 is 1.15 bits per heavy atom. The van der Waals surface area contributed by atoms with Gasteiger partial charge in [0, 0.05) is 28.9 Å². The van der Waals surface area contributed by atoms with Crippen molar-refractivity contribution < 1.29 is 14.0 Å². The zero-order valence-corrected chi connectivity index (χ0v) is 16.1. The van der Waals surface area contributed by atoms with E-state index in [2.05, 4.69) is 21.3 Å². The van der Waals surface area contributed by atoms with E-state index in [1.54, 1.807) is 11.3 Å². The lowest BCUT2D eigenvalue weighted by Gasteiger charge is -2.10. The molecular weight excluding hydrogens is 365 g/mol. The first kappa shape index (κ1) is 18.8. The highest BCUT2D eigenvalue weighted by Gasteiger charge is 2.17. The summed E-state index contributed by atoms with van der Waals surface area (Å²) >= 11 is 1.67. The molecule has 0 saturated carbocycles. The Hall–Kier alpha value is -2.93. The number of nitrogens with zero attached hydrogens (tertiary/aromatic N) is 1. The molecule has 0 radical (unpaired) electrons. The van der Waals surface area contributed by atoms with Crippen LogP contribution >= 0.6 is 11.3 Å². The molecule has 7 heteroatoms. The minimum atomic E-state index is -0.558. The van der Waals surface area contributed by atoms with Gasteiger partial charge in [-0.3, -0.25) is 9.59 Å². The topological polar surface area (TPSA) is 63.1 Å². The molecule has 27 heavy (non-hydrogen) atoms. The molecule has 3 aromatic rings. The van der Waals surface area contributed by atoms with E-state index in [0.29, 0.717) is 17.8 Å². The summed E-state index contributed by atoms with van der Waals surface area (Å²) in [5, 5.41) is 7.21. The molecule has 0 saturated heterocycles. The zero-order valence-electron chi connectivity index (χ0n) is 15.3. The molecular formula is C20H20FN3O2S. The van der Waals surface area contributed by atoms with Crippen LogP contribution in [0.5, 0.6) is 0 Å². The summed E-state index contributed by atoms with van der Waals surface area (Å²) in [5.41, 5.74) is 2.86. The highest BCUT2D eigenvalue weighted by atomic mass is 32.1. The van der Waals surface area contributed by atoms with Crippen molar-refractivity contribution in [3.05, 3.63) is 69.4 Å². The highest BCUT2D eigenvalue weighted by molar-refractivity contribution is 7.09. The van der Waals surface area contributed by atoms with Gasteiger partial charge in [0.1, 0.15) is 5.82 Å². The van der Waals surface area contributed by atoms with Crippen molar-refractivity contribution in [2.45, 2.75) is 27.3 Å². The van der Waals surface area contributed by atoms with Crippen LogP contribution in [0, 0.1) is 19.7 Å². The van der Waals surface area contributed by atoms with Gasteiger partial charge in [0.15, 0.2) is 0 Å². The first-order valence-electron chi connectivity index (χ1n) is 8.42. The van der Waals surface area contributed by atoms with E-state index < -0.39 is 5.82 Å². The zero-order chi connectivity index (χ0) is 19.6. The monoisotopic (exact) mass is 385 g/mol. The number of nitrogens with one attached hydrogen (secondary N) is 2. The molecule has 2 N–H and O–H groups in total. The molecule has 140 valence electrons. The highest BCUT2D eigenvalue weighted by Crippen LogP contribution is 2.23. The summed E-state index contributed by atoms with van der Waals surface area (Å²) in [6, 6.07) is 9.98. The van der Waals surface area contributed by atoms with Crippen molar-refractivity contribution in [2.75, 3.05) is 10.6 Å². The standard InChI is InChI=1S/C20H20FN3O2S/c1-12-9-17(13(2)24(12)11-16-5-4-8-27-16)20(26)23-15-6-7-18(21)19(10-15)22-14(3)25/h4-10H,11H2,1-3H3,(H,22,25)(H,23,26). The van der Waals surface area contributed by atoms with E-state index in [0.717, 1.165) is 11.4 Å². The van der Waals surface area contributed by atoms with Crippen LogP contribution in [0.2, 0.25) is 0 Å². The Labute approximate surface area is 160 Å². The number of carbonyl (C=O) groups excluding carboxylic acids is 2. The van der Waals surface area contributed by atoms with E-state index in [1.807, 2.05) is 31.4 Å². The quantitative estimate of drug-likeness (QED) is 0.676. The average Bonchev–Trinajstić information content (AvgIpc) is 3.21. The Morgan fingerprint density at radius 3 is 2.59 bits per heavy atom. The van der Waals surface area contributed by atoms with Crippen molar-refractivity contribution >= 4 is 34.5 Å². The number of carbonyl (C=O) groups is 2. The van der Waals surface area contributed by atoms with Gasteiger partial charge in [0.25, 0.3) is 5.91 Å². The molecule has 0 fully saturated rings. The molecule has 0 aliphatic heterocycles. The number of anilines is 2. The fraction of sp³-hybridized carbons (Fsp3) is 0.200. The van der Waals surface area contributed by atoms with E-state index >= 15 is 0 Å². The third kappa shape index (κ3) is 4.25. The lowest BCUT2D eigenvalue weighted by atomic mass is 10.2. The Balaban J connectivity index is 1.82. The normalized spacial score (nSPS) is 10.7. The van der Waals surface area contributed by atoms with Gasteiger partial charge in [0.2, 0.25) is 5.91 Å². The second-order valence-corrected chi connectivity index (χ2v) is 7.31. The van der Waals surface area contributed by atoms with Crippen LogP contribution < -0.4 is 10.6 Å². The summed E-state index contributed by atoms with van der Waals surface area (Å²) in [7, 11) is 0. The molecule has 0 spiro atoms. The molecule has 0 unspecified atom stereocenters. The maximum atomic E-state index is 13.8. The van der Waals surface area contributed by atoms with Gasteiger partial charge in [-0.1, -0.05) is 6.07 Å². The van der Waals surface area contributed by atoms with Crippen molar-refractivity contribution in [3.8, 4) is 0 Å². The lowest BCUT2D eigenvalue weighted by molar-refractivity contribution is -0.114. The van der Waals surface area contributed by atoms with Gasteiger partial charge < -0.3 is 15.2 Å². The van der Waals surface area contributed by atoms with E-state index in [4.69, 9.17) is 0 Å². The van der Waals surface area contributed by atoms with Crippen molar-refractivity contribution in [2.24, 2.45) is 0 Å². The minimum absolute atomic E-state index is 0.0310.